The first-order chi connectivity index (χ1) is 12.6. The molecular weight excluding hydrogens is 358 g/mol. The number of hydrogen-bond acceptors (Lipinski definition) is 7. The molecule has 0 fully saturated rings. The van der Waals surface area contributed by atoms with Crippen LogP contribution in [0.25, 0.3) is 6.08 Å². The fraction of sp³-hybridized carbons (Fsp3) is 0.278. The van der Waals surface area contributed by atoms with E-state index in [2.05, 4.69) is 5.32 Å². The van der Waals surface area contributed by atoms with Crippen LogP contribution in [0.15, 0.2) is 28.9 Å². The van der Waals surface area contributed by atoms with Crippen molar-refractivity contribution in [1.82, 2.24) is 0 Å². The summed E-state index contributed by atoms with van der Waals surface area (Å²) in [5, 5.41) is 3.08. The predicted molar refractivity (Wildman–Crippen MR) is 95.0 cm³/mol. The second-order valence-electron chi connectivity index (χ2n) is 5.56. The first-order valence-electron chi connectivity index (χ1n) is 7.99. The number of anilines is 1. The van der Waals surface area contributed by atoms with Crippen molar-refractivity contribution < 1.29 is 28.3 Å². The van der Waals surface area contributed by atoms with Crippen LogP contribution in [0.4, 0.5) is 5.00 Å². The summed E-state index contributed by atoms with van der Waals surface area (Å²) in [6, 6.07) is 3.37. The van der Waals surface area contributed by atoms with E-state index < -0.39 is 24.5 Å². The summed E-state index contributed by atoms with van der Waals surface area (Å²) < 4.78 is 14.8. The molecule has 0 saturated carbocycles. The Morgan fingerprint density at radius 2 is 2.19 bits per heavy atom. The molecule has 1 aliphatic carbocycles. The Kier molecular flexibility index (Phi) is 5.52. The maximum Gasteiger partial charge on any atom is 0.341 e. The Hall–Kier alpha value is -2.87. The van der Waals surface area contributed by atoms with Crippen LogP contribution in [0.1, 0.15) is 33.0 Å². The lowest BCUT2D eigenvalue weighted by molar-refractivity contribution is -0.142. The normalized spacial score (nSPS) is 12.8. The van der Waals surface area contributed by atoms with Crippen LogP contribution >= 0.6 is 11.3 Å². The molecule has 7 nitrogen and oxygen atoms in total. The van der Waals surface area contributed by atoms with Crippen LogP contribution < -0.4 is 5.32 Å². The first kappa shape index (κ1) is 17.9. The van der Waals surface area contributed by atoms with Gasteiger partial charge in [0.05, 0.1) is 18.9 Å². The number of esters is 2. The SMILES string of the molecule is COC(=O)c1c(NC(=O)COC(=O)/C=C/c2ccco2)sc2c1CCC2. The molecule has 1 amide bonds. The summed E-state index contributed by atoms with van der Waals surface area (Å²) in [5.74, 6) is -1.16. The maximum atomic E-state index is 12.1. The Balaban J connectivity index is 1.58. The van der Waals surface area contributed by atoms with E-state index in [0.29, 0.717) is 16.3 Å². The molecule has 8 heteroatoms. The van der Waals surface area contributed by atoms with Crippen LogP contribution in [0.3, 0.4) is 0 Å². The minimum atomic E-state index is -0.668. The fourth-order valence-electron chi connectivity index (χ4n) is 2.69. The average Bonchev–Trinajstić information content (AvgIpc) is 3.34. The lowest BCUT2D eigenvalue weighted by atomic mass is 10.1. The smallest absolute Gasteiger partial charge is 0.341 e. The number of amides is 1. The first-order valence-corrected chi connectivity index (χ1v) is 8.81. The van der Waals surface area contributed by atoms with Gasteiger partial charge in [-0.25, -0.2) is 9.59 Å². The summed E-state index contributed by atoms with van der Waals surface area (Å²) in [7, 11) is 1.31. The van der Waals surface area contributed by atoms with Gasteiger partial charge in [0.15, 0.2) is 6.61 Å². The highest BCUT2D eigenvalue weighted by molar-refractivity contribution is 7.17. The van der Waals surface area contributed by atoms with Gasteiger partial charge in [0.25, 0.3) is 5.91 Å². The van der Waals surface area contributed by atoms with E-state index in [4.69, 9.17) is 13.9 Å². The third-order valence-corrected chi connectivity index (χ3v) is 5.04. The van der Waals surface area contributed by atoms with E-state index in [-0.39, 0.29) is 0 Å². The third-order valence-electron chi connectivity index (χ3n) is 3.84. The molecule has 136 valence electrons. The number of furan rings is 1. The molecule has 1 aliphatic rings. The minimum absolute atomic E-state index is 0.405. The van der Waals surface area contributed by atoms with Crippen LogP contribution in [0.5, 0.6) is 0 Å². The van der Waals surface area contributed by atoms with Crippen LogP contribution in [-0.2, 0) is 31.9 Å². The van der Waals surface area contributed by atoms with Gasteiger partial charge in [0.1, 0.15) is 10.8 Å². The molecule has 3 rings (SSSR count). The van der Waals surface area contributed by atoms with Crippen molar-refractivity contribution in [1.29, 1.82) is 0 Å². The summed E-state index contributed by atoms with van der Waals surface area (Å²) in [6.45, 7) is -0.454. The molecule has 2 aromatic rings. The number of nitrogens with one attached hydrogen (secondary N) is 1. The molecule has 0 unspecified atom stereocenters. The van der Waals surface area contributed by atoms with E-state index >= 15 is 0 Å². The van der Waals surface area contributed by atoms with Crippen molar-refractivity contribution in [2.24, 2.45) is 0 Å². The maximum absolute atomic E-state index is 12.1. The van der Waals surface area contributed by atoms with Crippen LogP contribution in [0, 0.1) is 0 Å². The fourth-order valence-corrected chi connectivity index (χ4v) is 3.99. The highest BCUT2D eigenvalue weighted by atomic mass is 32.1. The van der Waals surface area contributed by atoms with Gasteiger partial charge in [-0.3, -0.25) is 4.79 Å². The van der Waals surface area contributed by atoms with E-state index in [9.17, 15) is 14.4 Å². The van der Waals surface area contributed by atoms with Gasteiger partial charge >= 0.3 is 11.9 Å². The number of rotatable bonds is 6. The molecule has 0 saturated heterocycles. The number of carbonyl (C=O) groups excluding carboxylic acids is 3. The lowest BCUT2D eigenvalue weighted by Gasteiger charge is -2.07. The molecule has 0 bridgehead atoms. The topological polar surface area (TPSA) is 94.8 Å². The molecule has 0 aromatic carbocycles. The summed E-state index contributed by atoms with van der Waals surface area (Å²) in [6.07, 6.45) is 6.75. The largest absolute Gasteiger partial charge is 0.465 e. The number of thiophene rings is 1. The molecule has 26 heavy (non-hydrogen) atoms. The van der Waals surface area contributed by atoms with Gasteiger partial charge < -0.3 is 19.2 Å². The molecule has 0 spiro atoms. The summed E-state index contributed by atoms with van der Waals surface area (Å²) in [5.41, 5.74) is 1.35. The van der Waals surface area contributed by atoms with Crippen molar-refractivity contribution >= 4 is 40.3 Å². The Bertz CT molecular complexity index is 849. The average molecular weight is 375 g/mol. The van der Waals surface area contributed by atoms with Crippen LogP contribution in [0.2, 0.25) is 0 Å². The Morgan fingerprint density at radius 3 is 2.92 bits per heavy atom. The second-order valence-corrected chi connectivity index (χ2v) is 6.66. The molecule has 0 atom stereocenters. The van der Waals surface area contributed by atoms with Gasteiger partial charge in [-0.15, -0.1) is 11.3 Å². The van der Waals surface area contributed by atoms with E-state index in [1.165, 1.54) is 36.9 Å². The van der Waals surface area contributed by atoms with Gasteiger partial charge in [-0.1, -0.05) is 0 Å². The zero-order valence-electron chi connectivity index (χ0n) is 14.1. The molecule has 0 radical (unpaired) electrons. The van der Waals surface area contributed by atoms with E-state index in [1.807, 2.05) is 0 Å². The van der Waals surface area contributed by atoms with Gasteiger partial charge in [-0.2, -0.15) is 0 Å². The molecule has 2 heterocycles. The highest BCUT2D eigenvalue weighted by Crippen LogP contribution is 2.39. The zero-order valence-corrected chi connectivity index (χ0v) is 14.9. The highest BCUT2D eigenvalue weighted by Gasteiger charge is 2.28. The number of carbonyl (C=O) groups is 3. The minimum Gasteiger partial charge on any atom is -0.465 e. The summed E-state index contributed by atoms with van der Waals surface area (Å²) >= 11 is 1.36. The van der Waals surface area contributed by atoms with Crippen molar-refractivity contribution in [3.05, 3.63) is 46.2 Å². The zero-order chi connectivity index (χ0) is 18.5. The molecular formula is C18H17NO6S. The monoisotopic (exact) mass is 375 g/mol. The molecule has 1 N–H and O–H groups in total. The van der Waals surface area contributed by atoms with Crippen molar-refractivity contribution in [3.8, 4) is 0 Å². The molecule has 0 aliphatic heterocycles. The Labute approximate surface area is 153 Å². The lowest BCUT2D eigenvalue weighted by Crippen LogP contribution is -2.21. The second kappa shape index (κ2) is 8.01. The Morgan fingerprint density at radius 1 is 1.35 bits per heavy atom. The van der Waals surface area contributed by atoms with Crippen molar-refractivity contribution in [2.45, 2.75) is 19.3 Å². The van der Waals surface area contributed by atoms with Crippen molar-refractivity contribution in [2.75, 3.05) is 19.0 Å². The van der Waals surface area contributed by atoms with Gasteiger partial charge in [0.2, 0.25) is 0 Å². The number of methoxy groups -OCH3 is 1. The summed E-state index contributed by atoms with van der Waals surface area (Å²) in [4.78, 5) is 36.8. The molecule has 2 aromatic heterocycles. The van der Waals surface area contributed by atoms with Gasteiger partial charge in [-0.05, 0) is 43.0 Å². The van der Waals surface area contributed by atoms with E-state index in [1.54, 1.807) is 12.1 Å². The number of hydrogen-bond donors (Lipinski definition) is 1. The van der Waals surface area contributed by atoms with Gasteiger partial charge in [0, 0.05) is 11.0 Å². The number of aryl methyl sites for hydroxylation is 1. The van der Waals surface area contributed by atoms with Crippen molar-refractivity contribution in [3.63, 3.8) is 0 Å². The quantitative estimate of drug-likeness (QED) is 0.616. The number of ether oxygens (including phenoxy) is 2. The predicted octanol–water partition coefficient (Wildman–Crippen LogP) is 2.81. The third kappa shape index (κ3) is 4.02. The number of fused-ring (bicyclic) bond motifs is 1. The van der Waals surface area contributed by atoms with Crippen LogP contribution in [-0.4, -0.2) is 31.6 Å². The van der Waals surface area contributed by atoms with E-state index in [0.717, 1.165) is 29.7 Å². The standard InChI is InChI=1S/C18H17NO6S/c1-23-18(22)16-12-5-2-6-13(12)26-17(16)19-14(20)10-25-15(21)8-7-11-4-3-9-24-11/h3-4,7-9H,2,5-6,10H2,1H3,(H,19,20)/b8-7+.